The number of carbonyl (C=O) groups excluding carboxylic acids is 3. The molecule has 0 bridgehead atoms. The van der Waals surface area contributed by atoms with Crippen molar-refractivity contribution in [2.75, 3.05) is 13.1 Å². The van der Waals surface area contributed by atoms with Crippen LogP contribution in [0.25, 0.3) is 0 Å². The minimum atomic E-state index is -1.30. The standard InChI is InChI=1S/C22H33N5O7/c23-11-5-4-8-17(22(33)34)27-21(32)16(9-10-19(29)30)26-18(28)13-25-20(31)15(24)12-14-6-2-1-3-7-14/h1-3,6-7,15-17H,4-5,8-13,23-24H2,(H,25,31)(H,26,28)(H,27,32)(H,29,30)(H,33,34). The van der Waals surface area contributed by atoms with Gasteiger partial charge in [-0.25, -0.2) is 4.79 Å². The Hall–Kier alpha value is -3.51. The fraction of sp³-hybridized carbons (Fsp3) is 0.500. The third-order valence-electron chi connectivity index (χ3n) is 4.92. The smallest absolute Gasteiger partial charge is 0.326 e. The van der Waals surface area contributed by atoms with Gasteiger partial charge in [-0.1, -0.05) is 30.3 Å². The van der Waals surface area contributed by atoms with Crippen molar-refractivity contribution in [3.63, 3.8) is 0 Å². The molecule has 0 aliphatic carbocycles. The van der Waals surface area contributed by atoms with Gasteiger partial charge in [-0.15, -0.1) is 0 Å². The molecule has 34 heavy (non-hydrogen) atoms. The molecule has 0 saturated heterocycles. The Kier molecular flexibility index (Phi) is 12.9. The lowest BCUT2D eigenvalue weighted by molar-refractivity contribution is -0.143. The second kappa shape index (κ2) is 15.3. The number of carbonyl (C=O) groups is 5. The number of hydrogen-bond acceptors (Lipinski definition) is 7. The summed E-state index contributed by atoms with van der Waals surface area (Å²) in [4.78, 5) is 59.4. The van der Waals surface area contributed by atoms with Crippen LogP contribution in [0.1, 0.15) is 37.7 Å². The molecule has 188 valence electrons. The summed E-state index contributed by atoms with van der Waals surface area (Å²) >= 11 is 0. The van der Waals surface area contributed by atoms with E-state index in [1.807, 2.05) is 30.3 Å². The summed E-state index contributed by atoms with van der Waals surface area (Å²) in [5.74, 6) is -4.60. The largest absolute Gasteiger partial charge is 0.481 e. The SMILES string of the molecule is NCCCCC(NC(=O)C(CCC(=O)O)NC(=O)CNC(=O)C(N)Cc1ccccc1)C(=O)O. The number of amides is 3. The number of rotatable bonds is 16. The van der Waals surface area contributed by atoms with Gasteiger partial charge in [-0.3, -0.25) is 19.2 Å². The Balaban J connectivity index is 2.65. The second-order valence-electron chi connectivity index (χ2n) is 7.75. The highest BCUT2D eigenvalue weighted by molar-refractivity contribution is 5.92. The first-order valence-corrected chi connectivity index (χ1v) is 11.0. The van der Waals surface area contributed by atoms with Crippen LogP contribution in [-0.4, -0.2) is 71.1 Å². The van der Waals surface area contributed by atoms with Crippen LogP contribution in [0.2, 0.25) is 0 Å². The van der Waals surface area contributed by atoms with E-state index in [0.29, 0.717) is 19.4 Å². The summed E-state index contributed by atoms with van der Waals surface area (Å²) in [7, 11) is 0. The lowest BCUT2D eigenvalue weighted by Gasteiger charge is -2.21. The second-order valence-corrected chi connectivity index (χ2v) is 7.75. The van der Waals surface area contributed by atoms with Gasteiger partial charge in [0, 0.05) is 6.42 Å². The quantitative estimate of drug-likeness (QED) is 0.140. The number of unbranched alkanes of at least 4 members (excludes halogenated alkanes) is 1. The Morgan fingerprint density at radius 1 is 0.882 bits per heavy atom. The summed E-state index contributed by atoms with van der Waals surface area (Å²) in [6.07, 6.45) is 0.743. The molecule has 9 N–H and O–H groups in total. The highest BCUT2D eigenvalue weighted by atomic mass is 16.4. The molecule has 0 aliphatic rings. The number of hydrogen-bond donors (Lipinski definition) is 7. The molecule has 0 heterocycles. The number of benzene rings is 1. The molecule has 0 fully saturated rings. The van der Waals surface area contributed by atoms with Crippen LogP contribution >= 0.6 is 0 Å². The van der Waals surface area contributed by atoms with Crippen molar-refractivity contribution in [2.45, 2.75) is 56.7 Å². The van der Waals surface area contributed by atoms with Crippen LogP contribution in [-0.2, 0) is 30.4 Å². The van der Waals surface area contributed by atoms with Crippen LogP contribution in [0.4, 0.5) is 0 Å². The molecule has 0 radical (unpaired) electrons. The van der Waals surface area contributed by atoms with Gasteiger partial charge < -0.3 is 37.6 Å². The zero-order valence-electron chi connectivity index (χ0n) is 18.9. The fourth-order valence-electron chi connectivity index (χ4n) is 3.06. The van der Waals surface area contributed by atoms with Gasteiger partial charge >= 0.3 is 11.9 Å². The average molecular weight is 480 g/mol. The van der Waals surface area contributed by atoms with Crippen LogP contribution < -0.4 is 27.4 Å². The van der Waals surface area contributed by atoms with E-state index in [1.165, 1.54) is 0 Å². The molecule has 0 spiro atoms. The van der Waals surface area contributed by atoms with E-state index in [-0.39, 0.29) is 19.3 Å². The first-order valence-electron chi connectivity index (χ1n) is 11.0. The summed E-state index contributed by atoms with van der Waals surface area (Å²) in [6.45, 7) is -0.116. The number of nitrogens with two attached hydrogens (primary N) is 2. The Bertz CT molecular complexity index is 834. The third-order valence-corrected chi connectivity index (χ3v) is 4.92. The van der Waals surface area contributed by atoms with E-state index < -0.39 is 60.8 Å². The molecular weight excluding hydrogens is 446 g/mol. The minimum absolute atomic E-state index is 0.132. The minimum Gasteiger partial charge on any atom is -0.481 e. The summed E-state index contributed by atoms with van der Waals surface area (Å²) in [5.41, 5.74) is 12.1. The van der Waals surface area contributed by atoms with Gasteiger partial charge in [0.2, 0.25) is 17.7 Å². The van der Waals surface area contributed by atoms with Crippen LogP contribution in [0.5, 0.6) is 0 Å². The molecule has 12 nitrogen and oxygen atoms in total. The Morgan fingerprint density at radius 3 is 2.15 bits per heavy atom. The summed E-state index contributed by atoms with van der Waals surface area (Å²) in [6, 6.07) is 5.67. The predicted molar refractivity (Wildman–Crippen MR) is 122 cm³/mol. The summed E-state index contributed by atoms with van der Waals surface area (Å²) in [5, 5.41) is 25.3. The topological polar surface area (TPSA) is 214 Å². The fourth-order valence-corrected chi connectivity index (χ4v) is 3.06. The highest BCUT2D eigenvalue weighted by Crippen LogP contribution is 2.05. The molecule has 1 aromatic carbocycles. The molecule has 1 rings (SSSR count). The van der Waals surface area contributed by atoms with Crippen molar-refractivity contribution in [1.29, 1.82) is 0 Å². The molecule has 0 aliphatic heterocycles. The van der Waals surface area contributed by atoms with Gasteiger partial charge in [0.05, 0.1) is 12.6 Å². The van der Waals surface area contributed by atoms with Crippen LogP contribution in [0.3, 0.4) is 0 Å². The molecule has 0 saturated carbocycles. The Labute approximate surface area is 197 Å². The monoisotopic (exact) mass is 479 g/mol. The van der Waals surface area contributed by atoms with Crippen molar-refractivity contribution < 1.29 is 34.2 Å². The van der Waals surface area contributed by atoms with E-state index in [9.17, 15) is 29.1 Å². The van der Waals surface area contributed by atoms with Gasteiger partial charge in [0.15, 0.2) is 0 Å². The van der Waals surface area contributed by atoms with Crippen molar-refractivity contribution >= 4 is 29.7 Å². The maximum atomic E-state index is 12.6. The van der Waals surface area contributed by atoms with Gasteiger partial charge in [0.1, 0.15) is 12.1 Å². The van der Waals surface area contributed by atoms with Crippen molar-refractivity contribution in [3.8, 4) is 0 Å². The van der Waals surface area contributed by atoms with Gasteiger partial charge in [0.25, 0.3) is 0 Å². The van der Waals surface area contributed by atoms with Gasteiger partial charge in [-0.05, 0) is 44.2 Å². The van der Waals surface area contributed by atoms with Crippen LogP contribution in [0, 0.1) is 0 Å². The lowest BCUT2D eigenvalue weighted by Crippen LogP contribution is -2.54. The van der Waals surface area contributed by atoms with Crippen molar-refractivity contribution in [1.82, 2.24) is 16.0 Å². The van der Waals surface area contributed by atoms with E-state index in [0.717, 1.165) is 5.56 Å². The Morgan fingerprint density at radius 2 is 1.56 bits per heavy atom. The van der Waals surface area contributed by atoms with Crippen molar-refractivity contribution in [3.05, 3.63) is 35.9 Å². The first-order chi connectivity index (χ1) is 16.1. The van der Waals surface area contributed by atoms with Gasteiger partial charge in [-0.2, -0.15) is 0 Å². The van der Waals surface area contributed by atoms with Crippen molar-refractivity contribution in [2.24, 2.45) is 11.5 Å². The third kappa shape index (κ3) is 11.4. The number of carboxylic acid groups (broad SMARTS) is 2. The zero-order chi connectivity index (χ0) is 25.5. The van der Waals surface area contributed by atoms with Crippen LogP contribution in [0.15, 0.2) is 30.3 Å². The maximum Gasteiger partial charge on any atom is 0.326 e. The number of carboxylic acids is 2. The first kappa shape index (κ1) is 28.5. The maximum absolute atomic E-state index is 12.6. The molecule has 3 unspecified atom stereocenters. The molecule has 3 amide bonds. The molecule has 3 atom stereocenters. The zero-order valence-corrected chi connectivity index (χ0v) is 18.9. The van der Waals surface area contributed by atoms with E-state index in [2.05, 4.69) is 16.0 Å². The lowest BCUT2D eigenvalue weighted by atomic mass is 10.1. The predicted octanol–water partition coefficient (Wildman–Crippen LogP) is -1.28. The summed E-state index contributed by atoms with van der Waals surface area (Å²) < 4.78 is 0. The molecule has 1 aromatic rings. The number of nitrogens with one attached hydrogen (secondary N) is 3. The normalized spacial score (nSPS) is 13.2. The number of aliphatic carboxylic acids is 2. The molecular formula is C22H33N5O7. The van der Waals surface area contributed by atoms with E-state index >= 15 is 0 Å². The molecule has 0 aromatic heterocycles. The highest BCUT2D eigenvalue weighted by Gasteiger charge is 2.27. The average Bonchev–Trinajstić information content (AvgIpc) is 2.79. The van der Waals surface area contributed by atoms with E-state index in [4.69, 9.17) is 16.6 Å². The van der Waals surface area contributed by atoms with E-state index in [1.54, 1.807) is 0 Å². The molecule has 12 heteroatoms.